The Morgan fingerprint density at radius 1 is 1.30 bits per heavy atom. The van der Waals surface area contributed by atoms with Gasteiger partial charge in [-0.1, -0.05) is 45.1 Å². The van der Waals surface area contributed by atoms with Gasteiger partial charge in [0.05, 0.1) is 4.88 Å². The van der Waals surface area contributed by atoms with E-state index in [1.807, 2.05) is 30.5 Å². The summed E-state index contributed by atoms with van der Waals surface area (Å²) in [5, 5.41) is 9.59. The first kappa shape index (κ1) is 20.5. The second-order valence-electron chi connectivity index (χ2n) is 7.81. The van der Waals surface area contributed by atoms with Gasteiger partial charge in [-0.15, -0.1) is 11.3 Å². The molecule has 0 aliphatic heterocycles. The Morgan fingerprint density at radius 3 is 2.87 bits per heavy atom. The number of anilines is 1. The minimum atomic E-state index is -0.236. The molecule has 8 heteroatoms. The van der Waals surface area contributed by atoms with Crippen LogP contribution < -0.4 is 10.9 Å². The van der Waals surface area contributed by atoms with Gasteiger partial charge in [0.15, 0.2) is 0 Å². The van der Waals surface area contributed by atoms with E-state index in [2.05, 4.69) is 20.4 Å². The largest absolute Gasteiger partial charge is 0.310 e. The summed E-state index contributed by atoms with van der Waals surface area (Å²) >= 11 is 1.57. The number of hydrogen-bond acceptors (Lipinski definition) is 5. The molecule has 1 amide bonds. The lowest BCUT2D eigenvalue weighted by molar-refractivity contribution is -0.116. The molecule has 1 aliphatic carbocycles. The predicted molar refractivity (Wildman–Crippen MR) is 119 cm³/mol. The quantitative estimate of drug-likeness (QED) is 0.581. The van der Waals surface area contributed by atoms with Gasteiger partial charge in [0.25, 0.3) is 5.56 Å². The van der Waals surface area contributed by atoms with Gasteiger partial charge in [-0.2, -0.15) is 9.78 Å². The normalized spacial score (nSPS) is 14.7. The van der Waals surface area contributed by atoms with Gasteiger partial charge in [-0.3, -0.25) is 14.6 Å². The van der Waals surface area contributed by atoms with Crippen LogP contribution in [0, 0.1) is 5.92 Å². The number of amides is 1. The second kappa shape index (κ2) is 9.38. The molecule has 2 N–H and O–H groups in total. The third-order valence-electron chi connectivity index (χ3n) is 5.60. The number of hydrogen-bond donors (Lipinski definition) is 2. The maximum Gasteiger partial charge on any atom is 0.252 e. The molecular weight excluding hydrogens is 398 g/mol. The Labute approximate surface area is 179 Å². The number of rotatable bonds is 7. The molecule has 30 heavy (non-hydrogen) atoms. The number of carbonyl (C=O) groups is 1. The zero-order valence-electron chi connectivity index (χ0n) is 17.2. The van der Waals surface area contributed by atoms with Crippen molar-refractivity contribution in [3.63, 3.8) is 0 Å². The smallest absolute Gasteiger partial charge is 0.252 e. The van der Waals surface area contributed by atoms with E-state index in [1.165, 1.54) is 42.9 Å². The summed E-state index contributed by atoms with van der Waals surface area (Å²) in [4.78, 5) is 33.0. The molecule has 0 radical (unpaired) electrons. The highest BCUT2D eigenvalue weighted by atomic mass is 32.1. The standard InChI is InChI=1S/C22H27N5O2S/c1-2-16-13-21(29)25-22(23-16)27-19(14-17(26-27)18-9-6-12-30-18)24-20(28)11-10-15-7-4-3-5-8-15/h6,9,12-15H,2-5,7-8,10-11H2,1H3,(H,24,28)(H,23,25,29). The molecule has 0 spiro atoms. The predicted octanol–water partition coefficient (Wildman–Crippen LogP) is 4.55. The van der Waals surface area contributed by atoms with Crippen LogP contribution in [-0.4, -0.2) is 25.7 Å². The fourth-order valence-corrected chi connectivity index (χ4v) is 4.65. The average Bonchev–Trinajstić information content (AvgIpc) is 3.42. The van der Waals surface area contributed by atoms with Crippen LogP contribution in [0.3, 0.4) is 0 Å². The zero-order chi connectivity index (χ0) is 20.9. The molecule has 7 nitrogen and oxygen atoms in total. The Hall–Kier alpha value is -2.74. The van der Waals surface area contributed by atoms with Crippen molar-refractivity contribution in [2.45, 2.75) is 58.3 Å². The van der Waals surface area contributed by atoms with Crippen molar-refractivity contribution in [2.24, 2.45) is 5.92 Å². The molecule has 0 unspecified atom stereocenters. The summed E-state index contributed by atoms with van der Waals surface area (Å²) in [6.07, 6.45) is 8.35. The van der Waals surface area contributed by atoms with Crippen LogP contribution in [0.15, 0.2) is 34.4 Å². The van der Waals surface area contributed by atoms with Crippen LogP contribution in [0.2, 0.25) is 0 Å². The summed E-state index contributed by atoms with van der Waals surface area (Å²) in [6, 6.07) is 7.25. The number of aromatic amines is 1. The molecule has 4 rings (SSSR count). The molecule has 3 heterocycles. The van der Waals surface area contributed by atoms with Crippen LogP contribution in [-0.2, 0) is 11.2 Å². The zero-order valence-corrected chi connectivity index (χ0v) is 18.0. The highest BCUT2D eigenvalue weighted by Gasteiger charge is 2.18. The number of nitrogens with zero attached hydrogens (tertiary/aromatic N) is 3. The van der Waals surface area contributed by atoms with Crippen LogP contribution in [0.1, 0.15) is 57.6 Å². The maximum atomic E-state index is 12.7. The first-order valence-corrected chi connectivity index (χ1v) is 11.5. The molecular formula is C22H27N5O2S. The number of nitrogens with one attached hydrogen (secondary N) is 2. The SMILES string of the molecule is CCc1cc(=O)[nH]c(-n2nc(-c3cccs3)cc2NC(=O)CCC2CCCCC2)n1. The molecule has 1 aliphatic rings. The lowest BCUT2D eigenvalue weighted by Gasteiger charge is -2.21. The number of thiophene rings is 1. The monoisotopic (exact) mass is 425 g/mol. The Morgan fingerprint density at radius 2 is 2.13 bits per heavy atom. The van der Waals surface area contributed by atoms with E-state index in [9.17, 15) is 9.59 Å². The summed E-state index contributed by atoms with van der Waals surface area (Å²) < 4.78 is 1.52. The molecule has 0 saturated heterocycles. The number of aromatic nitrogens is 4. The molecule has 0 atom stereocenters. The summed E-state index contributed by atoms with van der Waals surface area (Å²) in [5.41, 5.74) is 1.17. The van der Waals surface area contributed by atoms with Crippen LogP contribution in [0.4, 0.5) is 5.82 Å². The van der Waals surface area contributed by atoms with Crippen molar-refractivity contribution in [3.8, 4) is 16.5 Å². The van der Waals surface area contributed by atoms with Gasteiger partial charge >= 0.3 is 0 Å². The lowest BCUT2D eigenvalue weighted by Crippen LogP contribution is -2.20. The third-order valence-corrected chi connectivity index (χ3v) is 6.49. The van der Waals surface area contributed by atoms with Crippen molar-refractivity contribution in [1.29, 1.82) is 0 Å². The fraction of sp³-hybridized carbons (Fsp3) is 0.455. The van der Waals surface area contributed by atoms with E-state index in [4.69, 9.17) is 0 Å². The van der Waals surface area contributed by atoms with Crippen molar-refractivity contribution in [3.05, 3.63) is 45.7 Å². The van der Waals surface area contributed by atoms with E-state index in [0.717, 1.165) is 17.0 Å². The number of aryl methyl sites for hydroxylation is 1. The molecule has 3 aromatic rings. The molecule has 0 aromatic carbocycles. The maximum absolute atomic E-state index is 12.7. The van der Waals surface area contributed by atoms with E-state index in [1.54, 1.807) is 11.3 Å². The van der Waals surface area contributed by atoms with Crippen molar-refractivity contribution >= 4 is 23.1 Å². The summed E-state index contributed by atoms with van der Waals surface area (Å²) in [6.45, 7) is 1.94. The van der Waals surface area contributed by atoms with Crippen LogP contribution >= 0.6 is 11.3 Å². The molecule has 1 fully saturated rings. The number of carbonyl (C=O) groups excluding carboxylic acids is 1. The lowest BCUT2D eigenvalue weighted by atomic mass is 9.86. The molecule has 3 aromatic heterocycles. The van der Waals surface area contributed by atoms with Crippen LogP contribution in [0.25, 0.3) is 16.5 Å². The topological polar surface area (TPSA) is 92.7 Å². The average molecular weight is 426 g/mol. The summed E-state index contributed by atoms with van der Waals surface area (Å²) in [7, 11) is 0. The van der Waals surface area contributed by atoms with Gasteiger partial charge < -0.3 is 5.32 Å². The van der Waals surface area contributed by atoms with E-state index >= 15 is 0 Å². The third kappa shape index (κ3) is 4.87. The second-order valence-corrected chi connectivity index (χ2v) is 8.76. The molecule has 0 bridgehead atoms. The Kier molecular flexibility index (Phi) is 6.42. The van der Waals surface area contributed by atoms with Crippen LogP contribution in [0.5, 0.6) is 0 Å². The Bertz CT molecular complexity index is 1050. The minimum Gasteiger partial charge on any atom is -0.310 e. The highest BCUT2D eigenvalue weighted by Crippen LogP contribution is 2.29. The van der Waals surface area contributed by atoms with E-state index < -0.39 is 0 Å². The first-order chi connectivity index (χ1) is 14.6. The first-order valence-electron chi connectivity index (χ1n) is 10.7. The minimum absolute atomic E-state index is 0.0338. The van der Waals surface area contributed by atoms with Gasteiger partial charge in [-0.05, 0) is 30.2 Å². The van der Waals surface area contributed by atoms with E-state index in [-0.39, 0.29) is 11.5 Å². The van der Waals surface area contributed by atoms with Crippen molar-refractivity contribution in [1.82, 2.24) is 19.7 Å². The van der Waals surface area contributed by atoms with Crippen molar-refractivity contribution in [2.75, 3.05) is 5.32 Å². The number of H-pyrrole nitrogens is 1. The Balaban J connectivity index is 1.58. The fourth-order valence-electron chi connectivity index (χ4n) is 3.97. The highest BCUT2D eigenvalue weighted by molar-refractivity contribution is 7.13. The van der Waals surface area contributed by atoms with Crippen molar-refractivity contribution < 1.29 is 4.79 Å². The van der Waals surface area contributed by atoms with Gasteiger partial charge in [0, 0.05) is 24.2 Å². The van der Waals surface area contributed by atoms with Gasteiger partial charge in [-0.25, -0.2) is 4.98 Å². The molecule has 158 valence electrons. The summed E-state index contributed by atoms with van der Waals surface area (Å²) in [5.74, 6) is 1.44. The molecule has 1 saturated carbocycles. The van der Waals surface area contributed by atoms with Gasteiger partial charge in [0.1, 0.15) is 11.5 Å². The van der Waals surface area contributed by atoms with E-state index in [0.29, 0.717) is 36.2 Å². The van der Waals surface area contributed by atoms with Gasteiger partial charge in [0.2, 0.25) is 11.9 Å².